The van der Waals surface area contributed by atoms with Crippen molar-refractivity contribution in [3.63, 3.8) is 0 Å². The highest BCUT2D eigenvalue weighted by molar-refractivity contribution is 5.87. The molecule has 1 rings (SSSR count). The first-order valence-electron chi connectivity index (χ1n) is 7.06. The van der Waals surface area contributed by atoms with Gasteiger partial charge >= 0.3 is 0 Å². The lowest BCUT2D eigenvalue weighted by Crippen LogP contribution is -2.43. The van der Waals surface area contributed by atoms with Crippen LogP contribution in [0.2, 0.25) is 0 Å². The van der Waals surface area contributed by atoms with Crippen molar-refractivity contribution in [3.05, 3.63) is 35.4 Å². The van der Waals surface area contributed by atoms with Gasteiger partial charge in [0.15, 0.2) is 0 Å². The summed E-state index contributed by atoms with van der Waals surface area (Å²) in [5, 5.41) is 2.79. The molecule has 1 aromatic carbocycles. The lowest BCUT2D eigenvalue weighted by Gasteiger charge is -2.21. The van der Waals surface area contributed by atoms with Crippen LogP contribution in [-0.2, 0) is 15.0 Å². The molecule has 6 heteroatoms. The maximum Gasteiger partial charge on any atom is 0.237 e. The third kappa shape index (κ3) is 6.03. The van der Waals surface area contributed by atoms with Crippen LogP contribution in [0.4, 0.5) is 0 Å². The van der Waals surface area contributed by atoms with Gasteiger partial charge in [-0.2, -0.15) is 0 Å². The predicted molar refractivity (Wildman–Crippen MR) is 90.7 cm³/mol. The summed E-state index contributed by atoms with van der Waals surface area (Å²) in [5.41, 5.74) is 13.0. The average molecular weight is 328 g/mol. The number of amides is 2. The van der Waals surface area contributed by atoms with Crippen LogP contribution < -0.4 is 16.8 Å². The fourth-order valence-corrected chi connectivity index (χ4v) is 1.98. The van der Waals surface area contributed by atoms with Gasteiger partial charge in [-0.15, -0.1) is 12.4 Å². The minimum absolute atomic E-state index is 0. The molecule has 1 aromatic rings. The molecule has 0 aliphatic heterocycles. The number of hydrogen-bond donors (Lipinski definition) is 3. The number of halogens is 1. The largest absolute Gasteiger partial charge is 0.370 e. The summed E-state index contributed by atoms with van der Waals surface area (Å²) in [6.07, 6.45) is -0.151. The number of rotatable bonds is 5. The van der Waals surface area contributed by atoms with E-state index < -0.39 is 11.9 Å². The van der Waals surface area contributed by atoms with Gasteiger partial charge in [0.25, 0.3) is 0 Å². The second-order valence-corrected chi connectivity index (χ2v) is 6.38. The number of nitrogens with one attached hydrogen (secondary N) is 1. The molecule has 124 valence electrons. The van der Waals surface area contributed by atoms with Crippen molar-refractivity contribution in [2.75, 3.05) is 0 Å². The smallest absolute Gasteiger partial charge is 0.237 e. The molecule has 0 bridgehead atoms. The first-order chi connectivity index (χ1) is 9.61. The molecular formula is C16H26ClN3O2. The van der Waals surface area contributed by atoms with E-state index in [-0.39, 0.29) is 36.2 Å². The summed E-state index contributed by atoms with van der Waals surface area (Å²) in [4.78, 5) is 22.6. The first-order valence-corrected chi connectivity index (χ1v) is 7.06. The molecule has 0 spiro atoms. The molecule has 5 N–H and O–H groups in total. The van der Waals surface area contributed by atoms with E-state index >= 15 is 0 Å². The van der Waals surface area contributed by atoms with E-state index in [0.717, 1.165) is 5.56 Å². The summed E-state index contributed by atoms with van der Waals surface area (Å²) < 4.78 is 0. The van der Waals surface area contributed by atoms with Crippen LogP contribution in [0.15, 0.2) is 24.3 Å². The van der Waals surface area contributed by atoms with Gasteiger partial charge in [-0.3, -0.25) is 9.59 Å². The molecule has 2 unspecified atom stereocenters. The molecule has 0 radical (unpaired) electrons. The Morgan fingerprint density at radius 1 is 1.18 bits per heavy atom. The number of benzene rings is 1. The van der Waals surface area contributed by atoms with Crippen LogP contribution in [0, 0.1) is 0 Å². The van der Waals surface area contributed by atoms with Gasteiger partial charge in [-0.05, 0) is 23.5 Å². The van der Waals surface area contributed by atoms with Crippen molar-refractivity contribution >= 4 is 24.2 Å². The minimum atomic E-state index is -0.904. The van der Waals surface area contributed by atoms with Crippen LogP contribution in [0.1, 0.15) is 51.3 Å². The third-order valence-corrected chi connectivity index (χ3v) is 3.39. The predicted octanol–water partition coefficient (Wildman–Crippen LogP) is 1.79. The SMILES string of the molecule is CC(NC(=O)C(N)CC(N)=O)c1ccc(C(C)(C)C)cc1.Cl. The van der Waals surface area contributed by atoms with E-state index in [1.54, 1.807) is 0 Å². The minimum Gasteiger partial charge on any atom is -0.370 e. The first kappa shape index (κ1) is 20.4. The highest BCUT2D eigenvalue weighted by Gasteiger charge is 2.19. The summed E-state index contributed by atoms with van der Waals surface area (Å²) in [5.74, 6) is -0.957. The second kappa shape index (κ2) is 8.15. The molecule has 0 aliphatic carbocycles. The normalized spacial score (nSPS) is 13.7. The molecule has 0 fully saturated rings. The molecule has 0 heterocycles. The summed E-state index contributed by atoms with van der Waals surface area (Å²) in [6, 6.07) is 7.02. The Balaban J connectivity index is 0.00000441. The van der Waals surface area contributed by atoms with Crippen LogP contribution >= 0.6 is 12.4 Å². The Morgan fingerprint density at radius 3 is 2.09 bits per heavy atom. The standard InChI is InChI=1S/C16H25N3O2.ClH/c1-10(19-15(21)13(17)9-14(18)20)11-5-7-12(8-6-11)16(2,3)4;/h5-8,10,13H,9,17H2,1-4H3,(H2,18,20)(H,19,21);1H. The van der Waals surface area contributed by atoms with Crippen LogP contribution in [0.25, 0.3) is 0 Å². The Labute approximate surface area is 138 Å². The van der Waals surface area contributed by atoms with E-state index in [9.17, 15) is 9.59 Å². The average Bonchev–Trinajstić information content (AvgIpc) is 2.36. The Bertz CT molecular complexity index is 509. The van der Waals surface area contributed by atoms with Crippen molar-refractivity contribution in [2.45, 2.75) is 51.6 Å². The maximum atomic E-state index is 11.8. The van der Waals surface area contributed by atoms with Crippen LogP contribution in [0.3, 0.4) is 0 Å². The van der Waals surface area contributed by atoms with Crippen LogP contribution in [-0.4, -0.2) is 17.9 Å². The van der Waals surface area contributed by atoms with E-state index in [1.807, 2.05) is 19.1 Å². The van der Waals surface area contributed by atoms with Crippen molar-refractivity contribution in [1.29, 1.82) is 0 Å². The molecule has 2 atom stereocenters. The number of carbonyl (C=O) groups is 2. The molecule has 22 heavy (non-hydrogen) atoms. The van der Waals surface area contributed by atoms with Gasteiger partial charge in [0.05, 0.1) is 18.5 Å². The summed E-state index contributed by atoms with van der Waals surface area (Å²) >= 11 is 0. The van der Waals surface area contributed by atoms with Crippen molar-refractivity contribution in [1.82, 2.24) is 5.32 Å². The number of carbonyl (C=O) groups excluding carboxylic acids is 2. The topological polar surface area (TPSA) is 98.2 Å². The van der Waals surface area contributed by atoms with E-state index in [0.29, 0.717) is 0 Å². The third-order valence-electron chi connectivity index (χ3n) is 3.39. The van der Waals surface area contributed by atoms with Gasteiger partial charge in [0.1, 0.15) is 0 Å². The lowest BCUT2D eigenvalue weighted by atomic mass is 9.86. The Hall–Kier alpha value is -1.59. The lowest BCUT2D eigenvalue weighted by molar-refractivity contribution is -0.126. The Kier molecular flexibility index (Phi) is 7.56. The molecule has 0 aromatic heterocycles. The number of nitrogens with two attached hydrogens (primary N) is 2. The zero-order chi connectivity index (χ0) is 16.2. The number of primary amides is 1. The van der Waals surface area contributed by atoms with Gasteiger partial charge in [0.2, 0.25) is 11.8 Å². The van der Waals surface area contributed by atoms with E-state index in [4.69, 9.17) is 11.5 Å². The molecule has 0 saturated carbocycles. The van der Waals surface area contributed by atoms with Crippen LogP contribution in [0.5, 0.6) is 0 Å². The van der Waals surface area contributed by atoms with Crippen molar-refractivity contribution in [2.24, 2.45) is 11.5 Å². The van der Waals surface area contributed by atoms with E-state index in [1.165, 1.54) is 5.56 Å². The fraction of sp³-hybridized carbons (Fsp3) is 0.500. The zero-order valence-electron chi connectivity index (χ0n) is 13.6. The molecule has 0 saturated heterocycles. The molecule has 5 nitrogen and oxygen atoms in total. The molecule has 2 amide bonds. The summed E-state index contributed by atoms with van der Waals surface area (Å²) in [7, 11) is 0. The number of hydrogen-bond acceptors (Lipinski definition) is 3. The maximum absolute atomic E-state index is 11.8. The van der Waals surface area contributed by atoms with E-state index in [2.05, 4.69) is 38.2 Å². The Morgan fingerprint density at radius 2 is 1.68 bits per heavy atom. The second-order valence-electron chi connectivity index (χ2n) is 6.38. The zero-order valence-corrected chi connectivity index (χ0v) is 14.4. The highest BCUT2D eigenvalue weighted by atomic mass is 35.5. The van der Waals surface area contributed by atoms with Gasteiger partial charge in [-0.25, -0.2) is 0 Å². The van der Waals surface area contributed by atoms with Gasteiger partial charge < -0.3 is 16.8 Å². The van der Waals surface area contributed by atoms with Gasteiger partial charge in [0, 0.05) is 0 Å². The fourth-order valence-electron chi connectivity index (χ4n) is 1.98. The highest BCUT2D eigenvalue weighted by Crippen LogP contribution is 2.23. The van der Waals surface area contributed by atoms with Gasteiger partial charge in [-0.1, -0.05) is 45.0 Å². The molecule has 0 aliphatic rings. The van der Waals surface area contributed by atoms with Crippen molar-refractivity contribution < 1.29 is 9.59 Å². The monoisotopic (exact) mass is 327 g/mol. The summed E-state index contributed by atoms with van der Waals surface area (Å²) in [6.45, 7) is 8.32. The molecular weight excluding hydrogens is 302 g/mol. The van der Waals surface area contributed by atoms with Crippen molar-refractivity contribution in [3.8, 4) is 0 Å². The quantitative estimate of drug-likeness (QED) is 0.768.